The van der Waals surface area contributed by atoms with Gasteiger partial charge in [-0.2, -0.15) is 0 Å². The number of amides is 1. The number of aromatic nitrogens is 1. The average molecular weight is 303 g/mol. The van der Waals surface area contributed by atoms with Crippen molar-refractivity contribution >= 4 is 29.2 Å². The predicted molar refractivity (Wildman–Crippen MR) is 77.3 cm³/mol. The Bertz CT molecular complexity index is 715. The molecule has 106 valence electrons. The fraction of sp³-hybridized carbons (Fsp3) is 0.133. The lowest BCUT2D eigenvalue weighted by atomic mass is 10.1. The van der Waals surface area contributed by atoms with Crippen molar-refractivity contribution in [3.05, 3.63) is 58.9 Å². The van der Waals surface area contributed by atoms with Crippen molar-refractivity contribution in [3.8, 4) is 0 Å². The normalized spacial score (nSPS) is 16.8. The fourth-order valence-electron chi connectivity index (χ4n) is 2.38. The van der Waals surface area contributed by atoms with E-state index in [1.54, 1.807) is 42.6 Å². The van der Waals surface area contributed by atoms with Crippen molar-refractivity contribution < 1.29 is 14.3 Å². The van der Waals surface area contributed by atoms with Crippen LogP contribution >= 0.6 is 11.6 Å². The van der Waals surface area contributed by atoms with E-state index in [1.807, 2.05) is 0 Å². The van der Waals surface area contributed by atoms with Crippen molar-refractivity contribution in [3.63, 3.8) is 0 Å². The number of benzene rings is 1. The third-order valence-corrected chi connectivity index (χ3v) is 3.59. The fourth-order valence-corrected chi connectivity index (χ4v) is 2.51. The predicted octanol–water partition coefficient (Wildman–Crippen LogP) is 2.61. The molecule has 0 radical (unpaired) electrons. The van der Waals surface area contributed by atoms with E-state index in [0.717, 1.165) is 0 Å². The molecular formula is C15H11ClN2O3. The zero-order chi connectivity index (χ0) is 15.0. The third-order valence-electron chi connectivity index (χ3n) is 3.33. The molecule has 3 rings (SSSR count). The molecule has 0 fully saturated rings. The molecule has 0 saturated carbocycles. The largest absolute Gasteiger partial charge is 0.467 e. The highest BCUT2D eigenvalue weighted by Crippen LogP contribution is 2.37. The number of halogens is 1. The Kier molecular flexibility index (Phi) is 3.35. The second-order valence-electron chi connectivity index (χ2n) is 4.51. The maximum Gasteiger partial charge on any atom is 0.335 e. The maximum atomic E-state index is 12.6. The number of hydrogen-bond acceptors (Lipinski definition) is 4. The van der Waals surface area contributed by atoms with E-state index in [4.69, 9.17) is 16.3 Å². The van der Waals surface area contributed by atoms with E-state index >= 15 is 0 Å². The topological polar surface area (TPSA) is 59.5 Å². The van der Waals surface area contributed by atoms with Gasteiger partial charge in [-0.05, 0) is 36.4 Å². The molecule has 0 N–H and O–H groups in total. The van der Waals surface area contributed by atoms with Crippen molar-refractivity contribution in [2.24, 2.45) is 0 Å². The molecule has 1 aliphatic rings. The number of esters is 1. The lowest BCUT2D eigenvalue weighted by molar-refractivity contribution is -0.142. The number of nitrogens with zero attached hydrogens (tertiary/aromatic N) is 2. The Morgan fingerprint density at radius 3 is 2.67 bits per heavy atom. The first-order valence-electron chi connectivity index (χ1n) is 6.25. The SMILES string of the molecule is COC(=O)C1c2ncccc2C(=O)N1c1ccc(Cl)cc1. The van der Waals surface area contributed by atoms with Gasteiger partial charge in [-0.15, -0.1) is 0 Å². The van der Waals surface area contributed by atoms with Gasteiger partial charge >= 0.3 is 5.97 Å². The highest BCUT2D eigenvalue weighted by molar-refractivity contribution is 6.30. The minimum atomic E-state index is -0.875. The van der Waals surface area contributed by atoms with Crippen molar-refractivity contribution in [1.82, 2.24) is 4.98 Å². The van der Waals surface area contributed by atoms with Crippen LogP contribution in [-0.2, 0) is 9.53 Å². The number of carbonyl (C=O) groups excluding carboxylic acids is 2. The first-order valence-corrected chi connectivity index (χ1v) is 6.63. The van der Waals surface area contributed by atoms with Gasteiger partial charge in [0.1, 0.15) is 0 Å². The summed E-state index contributed by atoms with van der Waals surface area (Å²) >= 11 is 5.86. The van der Waals surface area contributed by atoms with Crippen LogP contribution in [0.3, 0.4) is 0 Å². The maximum absolute atomic E-state index is 12.6. The summed E-state index contributed by atoms with van der Waals surface area (Å²) < 4.78 is 4.82. The summed E-state index contributed by atoms with van der Waals surface area (Å²) in [5.41, 5.74) is 1.38. The summed E-state index contributed by atoms with van der Waals surface area (Å²) in [5, 5.41) is 0.552. The van der Waals surface area contributed by atoms with E-state index in [1.165, 1.54) is 12.0 Å². The Hall–Kier alpha value is -2.40. The number of methoxy groups -OCH3 is 1. The second-order valence-corrected chi connectivity index (χ2v) is 4.95. The number of rotatable bonds is 2. The van der Waals surface area contributed by atoms with Crippen LogP contribution in [0.1, 0.15) is 22.1 Å². The molecule has 1 aromatic heterocycles. The molecule has 0 saturated heterocycles. The molecule has 5 nitrogen and oxygen atoms in total. The van der Waals surface area contributed by atoms with Crippen LogP contribution in [0.5, 0.6) is 0 Å². The standard InChI is InChI=1S/C15H11ClN2O3/c1-21-15(20)13-12-11(3-2-8-17-12)14(19)18(13)10-6-4-9(16)5-7-10/h2-8,13H,1H3. The van der Waals surface area contributed by atoms with Gasteiger partial charge in [0.25, 0.3) is 5.91 Å². The molecule has 1 aromatic carbocycles. The Balaban J connectivity index is 2.13. The lowest BCUT2D eigenvalue weighted by Crippen LogP contribution is -2.33. The zero-order valence-corrected chi connectivity index (χ0v) is 11.9. The van der Waals surface area contributed by atoms with Crippen LogP contribution in [-0.4, -0.2) is 24.0 Å². The Morgan fingerprint density at radius 1 is 1.29 bits per heavy atom. The quantitative estimate of drug-likeness (QED) is 0.800. The number of carbonyl (C=O) groups is 2. The summed E-state index contributed by atoms with van der Waals surface area (Å²) in [6, 6.07) is 9.13. The highest BCUT2D eigenvalue weighted by atomic mass is 35.5. The van der Waals surface area contributed by atoms with E-state index in [-0.39, 0.29) is 5.91 Å². The average Bonchev–Trinajstić information content (AvgIpc) is 2.81. The minimum absolute atomic E-state index is 0.282. The second kappa shape index (κ2) is 5.18. The van der Waals surface area contributed by atoms with Crippen LogP contribution in [0.2, 0.25) is 5.02 Å². The molecule has 2 heterocycles. The van der Waals surface area contributed by atoms with Gasteiger partial charge in [-0.1, -0.05) is 11.6 Å². The van der Waals surface area contributed by atoms with Gasteiger partial charge in [-0.3, -0.25) is 14.7 Å². The van der Waals surface area contributed by atoms with Crippen molar-refractivity contribution in [1.29, 1.82) is 0 Å². The summed E-state index contributed by atoms with van der Waals surface area (Å²) in [5.74, 6) is -0.813. The number of hydrogen-bond donors (Lipinski definition) is 0. The van der Waals surface area contributed by atoms with Gasteiger partial charge in [0.2, 0.25) is 0 Å². The summed E-state index contributed by atoms with van der Waals surface area (Å²) in [4.78, 5) is 30.2. The molecule has 1 unspecified atom stereocenters. The van der Waals surface area contributed by atoms with Crippen LogP contribution in [0.15, 0.2) is 42.6 Å². The van der Waals surface area contributed by atoms with Crippen LogP contribution < -0.4 is 4.90 Å². The summed E-state index contributed by atoms with van der Waals surface area (Å²) in [6.07, 6.45) is 1.55. The number of pyridine rings is 1. The molecule has 1 amide bonds. The molecular weight excluding hydrogens is 292 g/mol. The van der Waals surface area contributed by atoms with Gasteiger partial charge in [0, 0.05) is 16.9 Å². The van der Waals surface area contributed by atoms with Gasteiger partial charge in [0.05, 0.1) is 18.4 Å². The van der Waals surface area contributed by atoms with Gasteiger partial charge in [-0.25, -0.2) is 4.79 Å². The number of ether oxygens (including phenoxy) is 1. The van der Waals surface area contributed by atoms with Crippen LogP contribution in [0.25, 0.3) is 0 Å². The van der Waals surface area contributed by atoms with Gasteiger partial charge < -0.3 is 4.74 Å². The van der Waals surface area contributed by atoms with Crippen LogP contribution in [0.4, 0.5) is 5.69 Å². The van der Waals surface area contributed by atoms with E-state index in [2.05, 4.69) is 4.98 Å². The van der Waals surface area contributed by atoms with Gasteiger partial charge in [0.15, 0.2) is 6.04 Å². The zero-order valence-electron chi connectivity index (χ0n) is 11.1. The first-order chi connectivity index (χ1) is 10.1. The molecule has 6 heteroatoms. The lowest BCUT2D eigenvalue weighted by Gasteiger charge is -2.22. The van der Waals surface area contributed by atoms with E-state index in [9.17, 15) is 9.59 Å². The molecule has 21 heavy (non-hydrogen) atoms. The molecule has 0 aliphatic carbocycles. The van der Waals surface area contributed by atoms with Crippen LogP contribution in [0, 0.1) is 0 Å². The highest BCUT2D eigenvalue weighted by Gasteiger charge is 2.43. The molecule has 0 spiro atoms. The third kappa shape index (κ3) is 2.15. The Labute approximate surface area is 126 Å². The molecule has 0 bridgehead atoms. The number of fused-ring (bicyclic) bond motifs is 1. The minimum Gasteiger partial charge on any atom is -0.467 e. The smallest absolute Gasteiger partial charge is 0.335 e. The Morgan fingerprint density at radius 2 is 2.00 bits per heavy atom. The summed E-state index contributed by atoms with van der Waals surface area (Å²) in [6.45, 7) is 0. The molecule has 1 aliphatic heterocycles. The van der Waals surface area contributed by atoms with Crippen molar-refractivity contribution in [2.45, 2.75) is 6.04 Å². The monoisotopic (exact) mass is 302 g/mol. The van der Waals surface area contributed by atoms with Crippen molar-refractivity contribution in [2.75, 3.05) is 12.0 Å². The number of anilines is 1. The molecule has 2 aromatic rings. The first kappa shape index (κ1) is 13.6. The molecule has 1 atom stereocenters. The summed E-state index contributed by atoms with van der Waals surface area (Å²) in [7, 11) is 1.29. The van der Waals surface area contributed by atoms with E-state index in [0.29, 0.717) is 22.0 Å². The van der Waals surface area contributed by atoms with E-state index < -0.39 is 12.0 Å².